The van der Waals surface area contributed by atoms with Gasteiger partial charge < -0.3 is 25.0 Å². The standard InChI is InChI=1S/C22H34N4O3/c1-4-23-21(25-16-22(10-5-6-11-22)20(27)26(2)3)24-15-17-8-9-18-19(14-17)29-13-7-12-28-18/h8-9,14H,4-7,10-13,15-16H2,1-3H3,(H2,23,24,25). The molecule has 1 aromatic rings. The van der Waals surface area contributed by atoms with Gasteiger partial charge in [0.25, 0.3) is 0 Å². The van der Waals surface area contributed by atoms with Crippen LogP contribution in [0.3, 0.4) is 0 Å². The average Bonchev–Trinajstić information content (AvgIpc) is 3.08. The number of nitrogens with one attached hydrogen (secondary N) is 2. The van der Waals surface area contributed by atoms with Crippen molar-refractivity contribution in [1.29, 1.82) is 0 Å². The van der Waals surface area contributed by atoms with Gasteiger partial charge in [-0.05, 0) is 37.5 Å². The minimum atomic E-state index is -0.324. The van der Waals surface area contributed by atoms with Crippen molar-refractivity contribution < 1.29 is 14.3 Å². The zero-order chi connectivity index (χ0) is 20.7. The number of benzene rings is 1. The van der Waals surface area contributed by atoms with Gasteiger partial charge in [-0.2, -0.15) is 0 Å². The lowest BCUT2D eigenvalue weighted by atomic mass is 9.84. The van der Waals surface area contributed by atoms with Gasteiger partial charge >= 0.3 is 0 Å². The Hall–Kier alpha value is -2.44. The van der Waals surface area contributed by atoms with E-state index in [1.165, 1.54) is 0 Å². The van der Waals surface area contributed by atoms with E-state index in [1.54, 1.807) is 4.90 Å². The van der Waals surface area contributed by atoms with Crippen LogP contribution in [-0.4, -0.2) is 57.2 Å². The number of hydrogen-bond donors (Lipinski definition) is 2. The van der Waals surface area contributed by atoms with Crippen LogP contribution < -0.4 is 20.1 Å². The molecule has 1 aliphatic heterocycles. The first-order valence-corrected chi connectivity index (χ1v) is 10.7. The van der Waals surface area contributed by atoms with Crippen LogP contribution in [0, 0.1) is 5.41 Å². The van der Waals surface area contributed by atoms with Crippen LogP contribution in [0.1, 0.15) is 44.6 Å². The Bertz CT molecular complexity index is 727. The largest absolute Gasteiger partial charge is 0.490 e. The molecule has 3 rings (SSSR count). The van der Waals surface area contributed by atoms with E-state index in [1.807, 2.05) is 39.2 Å². The number of hydrogen-bond acceptors (Lipinski definition) is 4. The third kappa shape index (κ3) is 5.34. The van der Waals surface area contributed by atoms with Crippen LogP contribution >= 0.6 is 0 Å². The number of fused-ring (bicyclic) bond motifs is 1. The normalized spacial score (nSPS) is 18.1. The van der Waals surface area contributed by atoms with E-state index in [2.05, 4.69) is 10.6 Å². The van der Waals surface area contributed by atoms with Gasteiger partial charge in [-0.25, -0.2) is 4.99 Å². The highest BCUT2D eigenvalue weighted by Crippen LogP contribution is 2.39. The molecule has 1 aromatic carbocycles. The summed E-state index contributed by atoms with van der Waals surface area (Å²) in [6.07, 6.45) is 4.96. The molecule has 1 fully saturated rings. The monoisotopic (exact) mass is 402 g/mol. The van der Waals surface area contributed by atoms with Crippen LogP contribution in [-0.2, 0) is 11.3 Å². The fourth-order valence-corrected chi connectivity index (χ4v) is 4.06. The Morgan fingerprint density at radius 2 is 1.83 bits per heavy atom. The van der Waals surface area contributed by atoms with Crippen LogP contribution in [0.15, 0.2) is 23.2 Å². The van der Waals surface area contributed by atoms with Crippen molar-refractivity contribution in [1.82, 2.24) is 15.5 Å². The first-order chi connectivity index (χ1) is 14.0. The second-order valence-corrected chi connectivity index (χ2v) is 8.07. The Kier molecular flexibility index (Phi) is 7.23. The van der Waals surface area contributed by atoms with E-state index in [9.17, 15) is 4.79 Å². The fraction of sp³-hybridized carbons (Fsp3) is 0.636. The summed E-state index contributed by atoms with van der Waals surface area (Å²) in [6.45, 7) is 5.30. The van der Waals surface area contributed by atoms with Gasteiger partial charge in [-0.3, -0.25) is 4.79 Å². The van der Waals surface area contributed by atoms with Gasteiger partial charge in [0.05, 0.1) is 25.2 Å². The molecule has 7 nitrogen and oxygen atoms in total. The van der Waals surface area contributed by atoms with E-state index >= 15 is 0 Å². The molecule has 0 unspecified atom stereocenters. The van der Waals surface area contributed by atoms with Crippen molar-refractivity contribution in [2.75, 3.05) is 40.4 Å². The quantitative estimate of drug-likeness (QED) is 0.565. The van der Waals surface area contributed by atoms with E-state index < -0.39 is 0 Å². The predicted octanol–water partition coefficient (Wildman–Crippen LogP) is 2.55. The summed E-state index contributed by atoms with van der Waals surface area (Å²) in [5.41, 5.74) is 0.737. The molecule has 0 aromatic heterocycles. The molecule has 2 aliphatic rings. The maximum Gasteiger partial charge on any atom is 0.230 e. The first kappa shape index (κ1) is 21.3. The lowest BCUT2D eigenvalue weighted by Crippen LogP contribution is -2.49. The molecule has 29 heavy (non-hydrogen) atoms. The summed E-state index contributed by atoms with van der Waals surface area (Å²) in [5, 5.41) is 6.71. The molecule has 1 amide bonds. The van der Waals surface area contributed by atoms with Crippen molar-refractivity contribution >= 4 is 11.9 Å². The van der Waals surface area contributed by atoms with Gasteiger partial charge in [0, 0.05) is 33.6 Å². The molecule has 1 heterocycles. The molecule has 1 aliphatic carbocycles. The Balaban J connectivity index is 1.67. The van der Waals surface area contributed by atoms with Crippen molar-refractivity contribution in [2.24, 2.45) is 10.4 Å². The minimum Gasteiger partial charge on any atom is -0.490 e. The summed E-state index contributed by atoms with van der Waals surface area (Å²) in [6, 6.07) is 5.98. The van der Waals surface area contributed by atoms with E-state index in [4.69, 9.17) is 14.5 Å². The molecule has 160 valence electrons. The maximum absolute atomic E-state index is 12.8. The highest BCUT2D eigenvalue weighted by molar-refractivity contribution is 5.85. The van der Waals surface area contributed by atoms with Gasteiger partial charge in [0.15, 0.2) is 17.5 Å². The average molecular weight is 403 g/mol. The fourth-order valence-electron chi connectivity index (χ4n) is 4.06. The second kappa shape index (κ2) is 9.85. The van der Waals surface area contributed by atoms with E-state index in [-0.39, 0.29) is 11.3 Å². The number of rotatable bonds is 6. The van der Waals surface area contributed by atoms with Crippen LogP contribution in [0.2, 0.25) is 0 Å². The van der Waals surface area contributed by atoms with Gasteiger partial charge in [-0.15, -0.1) is 0 Å². The minimum absolute atomic E-state index is 0.209. The first-order valence-electron chi connectivity index (χ1n) is 10.7. The van der Waals surface area contributed by atoms with Gasteiger partial charge in [0.1, 0.15) is 0 Å². The van der Waals surface area contributed by atoms with Crippen LogP contribution in [0.5, 0.6) is 11.5 Å². The summed E-state index contributed by atoms with van der Waals surface area (Å²) in [7, 11) is 3.68. The van der Waals surface area contributed by atoms with Crippen molar-refractivity contribution in [3.05, 3.63) is 23.8 Å². The van der Waals surface area contributed by atoms with Crippen molar-refractivity contribution in [3.8, 4) is 11.5 Å². The molecule has 2 N–H and O–H groups in total. The lowest BCUT2D eigenvalue weighted by molar-refractivity contribution is -0.138. The number of guanidine groups is 1. The van der Waals surface area contributed by atoms with Crippen molar-refractivity contribution in [2.45, 2.75) is 45.6 Å². The molecule has 0 saturated heterocycles. The zero-order valence-electron chi connectivity index (χ0n) is 17.9. The SMILES string of the molecule is CCNC(=NCc1ccc2c(c1)OCCCO2)NCC1(C(=O)N(C)C)CCCC1. The lowest BCUT2D eigenvalue weighted by Gasteiger charge is -2.31. The summed E-state index contributed by atoms with van der Waals surface area (Å²) >= 11 is 0. The van der Waals surface area contributed by atoms with E-state index in [0.717, 1.165) is 61.7 Å². The predicted molar refractivity (Wildman–Crippen MR) is 114 cm³/mol. The molecule has 7 heteroatoms. The maximum atomic E-state index is 12.8. The van der Waals surface area contributed by atoms with Gasteiger partial charge in [-0.1, -0.05) is 18.9 Å². The highest BCUT2D eigenvalue weighted by Gasteiger charge is 2.42. The third-order valence-corrected chi connectivity index (χ3v) is 5.59. The number of carbonyl (C=O) groups excluding carboxylic acids is 1. The number of amides is 1. The van der Waals surface area contributed by atoms with Crippen LogP contribution in [0.25, 0.3) is 0 Å². The number of ether oxygens (including phenoxy) is 2. The molecular formula is C22H34N4O3. The summed E-state index contributed by atoms with van der Waals surface area (Å²) in [4.78, 5) is 19.2. The molecule has 1 saturated carbocycles. The number of nitrogens with zero attached hydrogens (tertiary/aromatic N) is 2. The second-order valence-electron chi connectivity index (χ2n) is 8.07. The molecule has 0 radical (unpaired) electrons. The Morgan fingerprint density at radius 1 is 1.10 bits per heavy atom. The van der Waals surface area contributed by atoms with Gasteiger partial charge in [0.2, 0.25) is 5.91 Å². The molecule has 0 bridgehead atoms. The zero-order valence-corrected chi connectivity index (χ0v) is 17.9. The van der Waals surface area contributed by atoms with E-state index in [0.29, 0.717) is 26.3 Å². The Labute approximate surface area is 173 Å². The topological polar surface area (TPSA) is 75.2 Å². The number of aliphatic imine (C=N–C) groups is 1. The smallest absolute Gasteiger partial charge is 0.230 e. The van der Waals surface area contributed by atoms with Crippen molar-refractivity contribution in [3.63, 3.8) is 0 Å². The Morgan fingerprint density at radius 3 is 2.52 bits per heavy atom. The molecule has 0 atom stereocenters. The van der Waals surface area contributed by atoms with Crippen LogP contribution in [0.4, 0.5) is 0 Å². The molecular weight excluding hydrogens is 368 g/mol. The number of carbonyl (C=O) groups is 1. The third-order valence-electron chi connectivity index (χ3n) is 5.59. The summed E-state index contributed by atoms with van der Waals surface area (Å²) in [5.74, 6) is 2.53. The summed E-state index contributed by atoms with van der Waals surface area (Å²) < 4.78 is 11.5. The molecule has 0 spiro atoms. The highest BCUT2D eigenvalue weighted by atomic mass is 16.5.